The Morgan fingerprint density at radius 1 is 0.739 bits per heavy atom. The molecule has 0 aliphatic carbocycles. The van der Waals surface area contributed by atoms with Crippen LogP contribution in [0.5, 0.6) is 5.75 Å². The van der Waals surface area contributed by atoms with Gasteiger partial charge in [-0.3, -0.25) is 0 Å². The minimum absolute atomic E-state index is 0.117. The van der Waals surface area contributed by atoms with E-state index in [2.05, 4.69) is 15.5 Å². The molecule has 0 radical (unpaired) electrons. The first-order valence-electron chi connectivity index (χ1n) is 7.27. The van der Waals surface area contributed by atoms with Gasteiger partial charge in [0.25, 0.3) is 0 Å². The minimum atomic E-state index is 0.117. The molecule has 1 aromatic heterocycles. The molecule has 5 heteroatoms. The molecule has 0 saturated carbocycles. The van der Waals surface area contributed by atoms with Crippen LogP contribution in [0.3, 0.4) is 0 Å². The number of fused-ring (bicyclic) bond motifs is 1. The van der Waals surface area contributed by atoms with Crippen LogP contribution in [-0.2, 0) is 0 Å². The quantitative estimate of drug-likeness (QED) is 0.603. The number of nitrogens with zero attached hydrogens (tertiary/aromatic N) is 3. The number of hydrogen-bond donors (Lipinski definition) is 2. The molecule has 5 nitrogen and oxygen atoms in total. The molecule has 0 unspecified atom stereocenters. The fourth-order valence-electron chi connectivity index (χ4n) is 2.43. The van der Waals surface area contributed by atoms with Crippen molar-refractivity contribution >= 4 is 22.4 Å². The van der Waals surface area contributed by atoms with Crippen molar-refractivity contribution in [1.29, 1.82) is 0 Å². The number of aromatic hydroxyl groups is 1. The van der Waals surface area contributed by atoms with Crippen LogP contribution >= 0.6 is 0 Å². The minimum Gasteiger partial charge on any atom is -0.506 e. The van der Waals surface area contributed by atoms with Crippen LogP contribution in [0.2, 0.25) is 0 Å². The van der Waals surface area contributed by atoms with Gasteiger partial charge in [0.1, 0.15) is 22.5 Å². The van der Waals surface area contributed by atoms with Gasteiger partial charge in [-0.2, -0.15) is 0 Å². The van der Waals surface area contributed by atoms with Crippen molar-refractivity contribution in [3.8, 4) is 11.4 Å². The molecule has 0 spiro atoms. The maximum Gasteiger partial charge on any atom is 0.145 e. The molecule has 3 aromatic carbocycles. The van der Waals surface area contributed by atoms with Crippen molar-refractivity contribution in [3.63, 3.8) is 0 Å². The van der Waals surface area contributed by atoms with Gasteiger partial charge in [0, 0.05) is 17.4 Å². The monoisotopic (exact) mass is 302 g/mol. The van der Waals surface area contributed by atoms with Gasteiger partial charge in [0.15, 0.2) is 0 Å². The number of rotatable bonds is 3. The molecule has 0 fully saturated rings. The van der Waals surface area contributed by atoms with Gasteiger partial charge in [0.2, 0.25) is 0 Å². The Balaban J connectivity index is 1.68. The Kier molecular flexibility index (Phi) is 3.16. The molecule has 4 rings (SSSR count). The lowest BCUT2D eigenvalue weighted by atomic mass is 10.2. The summed E-state index contributed by atoms with van der Waals surface area (Å²) >= 11 is 0. The number of hydrogen-bond acceptors (Lipinski definition) is 4. The first-order valence-corrected chi connectivity index (χ1v) is 7.27. The highest BCUT2D eigenvalue weighted by atomic mass is 16.3. The Hall–Kier alpha value is -3.34. The largest absolute Gasteiger partial charge is 0.506 e. The van der Waals surface area contributed by atoms with E-state index < -0.39 is 0 Å². The fraction of sp³-hybridized carbons (Fsp3) is 0. The zero-order valence-electron chi connectivity index (χ0n) is 12.2. The van der Waals surface area contributed by atoms with Gasteiger partial charge in [-0.25, -0.2) is 0 Å². The molecule has 0 saturated heterocycles. The van der Waals surface area contributed by atoms with Gasteiger partial charge in [0.05, 0.1) is 0 Å². The lowest BCUT2D eigenvalue weighted by Crippen LogP contribution is -1.99. The van der Waals surface area contributed by atoms with Crippen molar-refractivity contribution < 1.29 is 5.11 Å². The Labute approximate surface area is 132 Å². The van der Waals surface area contributed by atoms with E-state index in [0.29, 0.717) is 5.69 Å². The van der Waals surface area contributed by atoms with E-state index in [4.69, 9.17) is 0 Å². The lowest BCUT2D eigenvalue weighted by molar-refractivity contribution is 0.468. The molecule has 4 aromatic rings. The highest BCUT2D eigenvalue weighted by Gasteiger charge is 2.09. The highest BCUT2D eigenvalue weighted by molar-refractivity contribution is 5.74. The summed E-state index contributed by atoms with van der Waals surface area (Å²) in [6.07, 6.45) is 0. The van der Waals surface area contributed by atoms with Gasteiger partial charge in [-0.15, -0.1) is 15.0 Å². The molecular weight excluding hydrogens is 288 g/mol. The molecule has 1 heterocycles. The zero-order chi connectivity index (χ0) is 15.6. The van der Waals surface area contributed by atoms with Gasteiger partial charge in [-0.1, -0.05) is 30.3 Å². The lowest BCUT2D eigenvalue weighted by Gasteiger charge is -2.09. The van der Waals surface area contributed by atoms with E-state index in [0.717, 1.165) is 22.4 Å². The molecule has 112 valence electrons. The van der Waals surface area contributed by atoms with Crippen LogP contribution < -0.4 is 5.32 Å². The normalized spacial score (nSPS) is 10.8. The predicted molar refractivity (Wildman–Crippen MR) is 90.3 cm³/mol. The summed E-state index contributed by atoms with van der Waals surface area (Å²) in [6, 6.07) is 22.7. The van der Waals surface area contributed by atoms with E-state index >= 15 is 0 Å². The third-order valence-corrected chi connectivity index (χ3v) is 3.54. The first kappa shape index (κ1) is 13.3. The second-order valence-corrected chi connectivity index (χ2v) is 5.17. The van der Waals surface area contributed by atoms with Crippen LogP contribution in [0.4, 0.5) is 11.4 Å². The average molecular weight is 302 g/mol. The van der Waals surface area contributed by atoms with Crippen molar-refractivity contribution in [3.05, 3.63) is 72.8 Å². The second kappa shape index (κ2) is 5.46. The van der Waals surface area contributed by atoms with E-state index in [-0.39, 0.29) is 5.75 Å². The number of phenols is 1. The second-order valence-electron chi connectivity index (χ2n) is 5.17. The van der Waals surface area contributed by atoms with Crippen molar-refractivity contribution in [2.75, 3.05) is 5.32 Å². The summed E-state index contributed by atoms with van der Waals surface area (Å²) in [5.41, 5.74) is 3.88. The average Bonchev–Trinajstić information content (AvgIpc) is 2.99. The molecule has 0 amide bonds. The fourth-order valence-corrected chi connectivity index (χ4v) is 2.43. The van der Waals surface area contributed by atoms with E-state index in [9.17, 15) is 5.11 Å². The smallest absolute Gasteiger partial charge is 0.145 e. The Morgan fingerprint density at radius 3 is 2.04 bits per heavy atom. The van der Waals surface area contributed by atoms with Crippen molar-refractivity contribution in [2.45, 2.75) is 0 Å². The molecule has 2 N–H and O–H groups in total. The number of benzene rings is 3. The van der Waals surface area contributed by atoms with Crippen LogP contribution in [-0.4, -0.2) is 20.1 Å². The van der Waals surface area contributed by atoms with Crippen LogP contribution in [0.15, 0.2) is 72.8 Å². The predicted octanol–water partition coefficient (Wildman–Crippen LogP) is 3.87. The molecule has 0 bridgehead atoms. The first-order chi connectivity index (χ1) is 11.3. The van der Waals surface area contributed by atoms with Crippen LogP contribution in [0.1, 0.15) is 0 Å². The van der Waals surface area contributed by atoms with E-state index in [1.165, 1.54) is 4.80 Å². The van der Waals surface area contributed by atoms with E-state index in [1.54, 1.807) is 12.1 Å². The highest BCUT2D eigenvalue weighted by Crippen LogP contribution is 2.27. The van der Waals surface area contributed by atoms with E-state index in [1.807, 2.05) is 60.7 Å². The zero-order valence-corrected chi connectivity index (χ0v) is 12.2. The molecule has 23 heavy (non-hydrogen) atoms. The third-order valence-electron chi connectivity index (χ3n) is 3.54. The molecule has 0 aliphatic rings. The topological polar surface area (TPSA) is 63.0 Å². The van der Waals surface area contributed by atoms with Crippen LogP contribution in [0, 0.1) is 0 Å². The summed E-state index contributed by atoms with van der Waals surface area (Å²) in [6.45, 7) is 0. The standard InChI is InChI=1S/C18H14N4O/c23-18-12-14(19-13-6-2-1-3-7-13)10-11-17(18)22-20-15-8-4-5-9-16(15)21-22/h1-12,19,23H. The number of aromatic nitrogens is 3. The SMILES string of the molecule is Oc1cc(Nc2ccccc2)ccc1-n1nc2ccccc2n1. The number of anilines is 2. The Bertz CT molecular complexity index is 930. The molecule has 0 atom stereocenters. The molecule has 0 aliphatic heterocycles. The molecular formula is C18H14N4O. The van der Waals surface area contributed by atoms with Gasteiger partial charge in [-0.05, 0) is 36.4 Å². The number of nitrogens with one attached hydrogen (secondary N) is 1. The maximum absolute atomic E-state index is 10.3. The number of para-hydroxylation sites is 1. The maximum atomic E-state index is 10.3. The van der Waals surface area contributed by atoms with Crippen molar-refractivity contribution in [1.82, 2.24) is 15.0 Å². The summed E-state index contributed by atoms with van der Waals surface area (Å²) in [4.78, 5) is 1.45. The summed E-state index contributed by atoms with van der Waals surface area (Å²) in [7, 11) is 0. The summed E-state index contributed by atoms with van der Waals surface area (Å²) in [5, 5.41) is 22.3. The van der Waals surface area contributed by atoms with Crippen molar-refractivity contribution in [2.24, 2.45) is 0 Å². The van der Waals surface area contributed by atoms with Gasteiger partial charge < -0.3 is 10.4 Å². The summed E-state index contributed by atoms with van der Waals surface area (Å²) in [5.74, 6) is 0.117. The Morgan fingerprint density at radius 2 is 1.39 bits per heavy atom. The van der Waals surface area contributed by atoms with Gasteiger partial charge >= 0.3 is 0 Å². The third kappa shape index (κ3) is 2.60. The van der Waals surface area contributed by atoms with Crippen LogP contribution in [0.25, 0.3) is 16.7 Å². The summed E-state index contributed by atoms with van der Waals surface area (Å²) < 4.78 is 0. The number of phenolic OH excluding ortho intramolecular Hbond substituents is 1.